The van der Waals surface area contributed by atoms with E-state index in [9.17, 15) is 9.59 Å². The van der Waals surface area contributed by atoms with Gasteiger partial charge in [-0.15, -0.1) is 0 Å². The third-order valence-corrected chi connectivity index (χ3v) is 3.36. The van der Waals surface area contributed by atoms with Crippen molar-refractivity contribution in [1.29, 1.82) is 0 Å². The van der Waals surface area contributed by atoms with Gasteiger partial charge in [0.1, 0.15) is 5.75 Å². The molecule has 0 aliphatic heterocycles. The molecule has 0 unspecified atom stereocenters. The van der Waals surface area contributed by atoms with Crippen LogP contribution in [-0.2, 0) is 11.2 Å². The van der Waals surface area contributed by atoms with Crippen LogP contribution in [0.4, 0.5) is 10.5 Å². The zero-order valence-electron chi connectivity index (χ0n) is 13.6. The maximum Gasteiger partial charge on any atom is 0.321 e. The Hall–Kier alpha value is -3.02. The Labute approximate surface area is 140 Å². The summed E-state index contributed by atoms with van der Waals surface area (Å²) in [7, 11) is 0. The zero-order valence-corrected chi connectivity index (χ0v) is 13.6. The van der Waals surface area contributed by atoms with Gasteiger partial charge >= 0.3 is 12.0 Å². The number of ether oxygens (including phenoxy) is 1. The summed E-state index contributed by atoms with van der Waals surface area (Å²) in [4.78, 5) is 22.4. The first kappa shape index (κ1) is 17.3. The molecule has 0 spiro atoms. The standard InChI is InChI=1S/C18H20N2O4/c1-12-3-8-16(13(2)9-12)24-11-19-18(23)20-15-6-4-14(5-7-15)10-17(21)22/h3-9H,10-11H2,1-2H3,(H,21,22)(H2,19,20,23). The number of aryl methyl sites for hydroxylation is 2. The van der Waals surface area contributed by atoms with Crippen molar-refractivity contribution in [1.82, 2.24) is 5.32 Å². The van der Waals surface area contributed by atoms with Crippen LogP contribution in [0.25, 0.3) is 0 Å². The molecule has 126 valence electrons. The van der Waals surface area contributed by atoms with Crippen LogP contribution in [0.3, 0.4) is 0 Å². The van der Waals surface area contributed by atoms with Gasteiger partial charge in [-0.05, 0) is 43.2 Å². The van der Waals surface area contributed by atoms with Gasteiger partial charge in [0.05, 0.1) is 6.42 Å². The molecule has 0 saturated carbocycles. The van der Waals surface area contributed by atoms with E-state index < -0.39 is 12.0 Å². The maximum absolute atomic E-state index is 11.8. The third kappa shape index (κ3) is 5.31. The lowest BCUT2D eigenvalue weighted by Gasteiger charge is -2.11. The van der Waals surface area contributed by atoms with Crippen LogP contribution < -0.4 is 15.4 Å². The molecule has 2 rings (SSSR count). The molecule has 2 aromatic carbocycles. The van der Waals surface area contributed by atoms with Gasteiger partial charge in [-0.1, -0.05) is 29.8 Å². The van der Waals surface area contributed by atoms with E-state index in [1.54, 1.807) is 24.3 Å². The Kier molecular flexibility index (Phi) is 5.78. The summed E-state index contributed by atoms with van der Waals surface area (Å²) in [6.45, 7) is 4.00. The molecule has 0 fully saturated rings. The Balaban J connectivity index is 1.79. The number of amides is 2. The van der Waals surface area contributed by atoms with Crippen LogP contribution >= 0.6 is 0 Å². The molecular formula is C18H20N2O4. The summed E-state index contributed by atoms with van der Waals surface area (Å²) >= 11 is 0. The minimum Gasteiger partial charge on any atom is -0.481 e. The summed E-state index contributed by atoms with van der Waals surface area (Å²) in [5.74, 6) is -0.170. The fourth-order valence-corrected chi connectivity index (χ4v) is 2.20. The Morgan fingerprint density at radius 1 is 1.08 bits per heavy atom. The highest BCUT2D eigenvalue weighted by Gasteiger charge is 2.04. The second-order valence-electron chi connectivity index (χ2n) is 5.46. The summed E-state index contributed by atoms with van der Waals surface area (Å²) in [6.07, 6.45) is -0.0454. The molecule has 0 aromatic heterocycles. The molecule has 0 aliphatic carbocycles. The first-order valence-corrected chi connectivity index (χ1v) is 7.49. The number of hydrogen-bond donors (Lipinski definition) is 3. The molecule has 24 heavy (non-hydrogen) atoms. The van der Waals surface area contributed by atoms with Gasteiger partial charge in [-0.25, -0.2) is 4.79 Å². The Bertz CT molecular complexity index is 726. The second kappa shape index (κ2) is 8.01. The smallest absolute Gasteiger partial charge is 0.321 e. The third-order valence-electron chi connectivity index (χ3n) is 3.36. The van der Waals surface area contributed by atoms with Crippen LogP contribution in [0.15, 0.2) is 42.5 Å². The predicted molar refractivity (Wildman–Crippen MR) is 91.3 cm³/mol. The number of anilines is 1. The van der Waals surface area contributed by atoms with Gasteiger partial charge in [-0.2, -0.15) is 0 Å². The molecule has 3 N–H and O–H groups in total. The molecular weight excluding hydrogens is 308 g/mol. The van der Waals surface area contributed by atoms with Crippen LogP contribution in [0.1, 0.15) is 16.7 Å². The van der Waals surface area contributed by atoms with Crippen molar-refractivity contribution in [2.45, 2.75) is 20.3 Å². The van der Waals surface area contributed by atoms with Gasteiger partial charge in [0, 0.05) is 5.69 Å². The van der Waals surface area contributed by atoms with Crippen LogP contribution in [-0.4, -0.2) is 23.8 Å². The number of benzene rings is 2. The Morgan fingerprint density at radius 3 is 2.42 bits per heavy atom. The van der Waals surface area contributed by atoms with Crippen molar-refractivity contribution in [2.75, 3.05) is 12.0 Å². The summed E-state index contributed by atoms with van der Waals surface area (Å²) in [5.41, 5.74) is 3.41. The number of nitrogens with one attached hydrogen (secondary N) is 2. The highest BCUT2D eigenvalue weighted by molar-refractivity contribution is 5.89. The second-order valence-corrected chi connectivity index (χ2v) is 5.46. The van der Waals surface area contributed by atoms with Crippen molar-refractivity contribution in [2.24, 2.45) is 0 Å². The normalized spacial score (nSPS) is 10.1. The largest absolute Gasteiger partial charge is 0.481 e. The average Bonchev–Trinajstić information content (AvgIpc) is 2.51. The van der Waals surface area contributed by atoms with Crippen LogP contribution in [0, 0.1) is 13.8 Å². The van der Waals surface area contributed by atoms with Gasteiger partial charge < -0.3 is 20.5 Å². The molecule has 2 aromatic rings. The zero-order chi connectivity index (χ0) is 17.5. The number of carbonyl (C=O) groups excluding carboxylic acids is 1. The molecule has 6 heteroatoms. The van der Waals surface area contributed by atoms with Gasteiger partial charge in [0.2, 0.25) is 0 Å². The van der Waals surface area contributed by atoms with Crippen molar-refractivity contribution in [3.05, 3.63) is 59.2 Å². The maximum atomic E-state index is 11.8. The molecule has 0 bridgehead atoms. The number of urea groups is 1. The highest BCUT2D eigenvalue weighted by atomic mass is 16.5. The van der Waals surface area contributed by atoms with Gasteiger partial charge in [-0.3, -0.25) is 4.79 Å². The molecule has 0 aliphatic rings. The average molecular weight is 328 g/mol. The van der Waals surface area contributed by atoms with E-state index in [1.807, 2.05) is 32.0 Å². The minimum absolute atomic E-state index is 0.0454. The lowest BCUT2D eigenvalue weighted by molar-refractivity contribution is -0.136. The fraction of sp³-hybridized carbons (Fsp3) is 0.222. The number of hydrogen-bond acceptors (Lipinski definition) is 3. The van der Waals surface area contributed by atoms with E-state index in [0.717, 1.165) is 16.9 Å². The highest BCUT2D eigenvalue weighted by Crippen LogP contribution is 2.18. The number of aliphatic carboxylic acids is 1. The van der Waals surface area contributed by atoms with E-state index in [-0.39, 0.29) is 13.2 Å². The van der Waals surface area contributed by atoms with Crippen molar-refractivity contribution < 1.29 is 19.4 Å². The lowest BCUT2D eigenvalue weighted by atomic mass is 10.1. The van der Waals surface area contributed by atoms with Gasteiger partial charge in [0.25, 0.3) is 0 Å². The molecule has 0 saturated heterocycles. The predicted octanol–water partition coefficient (Wildman–Crippen LogP) is 3.09. The number of carboxylic acids is 1. The van der Waals surface area contributed by atoms with Crippen LogP contribution in [0.2, 0.25) is 0 Å². The molecule has 0 atom stereocenters. The SMILES string of the molecule is Cc1ccc(OCNC(=O)Nc2ccc(CC(=O)O)cc2)c(C)c1. The molecule has 2 amide bonds. The van der Waals surface area contributed by atoms with Crippen LogP contribution in [0.5, 0.6) is 5.75 Å². The van der Waals surface area contributed by atoms with E-state index in [2.05, 4.69) is 10.6 Å². The topological polar surface area (TPSA) is 87.7 Å². The van der Waals surface area contributed by atoms with E-state index >= 15 is 0 Å². The fourth-order valence-electron chi connectivity index (χ4n) is 2.20. The molecule has 0 radical (unpaired) electrons. The van der Waals surface area contributed by atoms with E-state index in [1.165, 1.54) is 0 Å². The van der Waals surface area contributed by atoms with Crippen molar-refractivity contribution in [3.8, 4) is 5.75 Å². The van der Waals surface area contributed by atoms with E-state index in [0.29, 0.717) is 11.3 Å². The summed E-state index contributed by atoms with van der Waals surface area (Å²) < 4.78 is 5.53. The number of rotatable bonds is 6. The van der Waals surface area contributed by atoms with Crippen molar-refractivity contribution in [3.63, 3.8) is 0 Å². The first-order valence-electron chi connectivity index (χ1n) is 7.49. The molecule has 6 nitrogen and oxygen atoms in total. The first-order chi connectivity index (χ1) is 11.4. The summed E-state index contributed by atoms with van der Waals surface area (Å²) in [6, 6.07) is 12.1. The number of carboxylic acid groups (broad SMARTS) is 1. The van der Waals surface area contributed by atoms with E-state index in [4.69, 9.17) is 9.84 Å². The van der Waals surface area contributed by atoms with Gasteiger partial charge in [0.15, 0.2) is 6.73 Å². The molecule has 0 heterocycles. The summed E-state index contributed by atoms with van der Waals surface area (Å²) in [5, 5.41) is 14.0. The number of carbonyl (C=O) groups is 2. The minimum atomic E-state index is -0.892. The quantitative estimate of drug-likeness (QED) is 0.711. The Morgan fingerprint density at radius 2 is 1.79 bits per heavy atom. The monoisotopic (exact) mass is 328 g/mol. The lowest BCUT2D eigenvalue weighted by Crippen LogP contribution is -2.32. The van der Waals surface area contributed by atoms with Crippen molar-refractivity contribution >= 4 is 17.7 Å².